The Morgan fingerprint density at radius 3 is 2.60 bits per heavy atom. The molecule has 3 nitrogen and oxygen atoms in total. The maximum absolute atomic E-state index is 13.4. The fourth-order valence-electron chi connectivity index (χ4n) is 1.26. The van der Waals surface area contributed by atoms with Gasteiger partial charge in [0, 0.05) is 22.9 Å². The Hall–Kier alpha value is -1.43. The molecule has 0 radical (unpaired) electrons. The highest BCUT2D eigenvalue weighted by molar-refractivity contribution is 9.10. The van der Waals surface area contributed by atoms with Crippen LogP contribution in [0.1, 0.15) is 0 Å². The third kappa shape index (κ3) is 1.72. The van der Waals surface area contributed by atoms with Gasteiger partial charge < -0.3 is 4.98 Å². The topological polar surface area (TPSA) is 37.8 Å². The minimum atomic E-state index is -0.802. The number of imidazole rings is 1. The van der Waals surface area contributed by atoms with Crippen molar-refractivity contribution in [3.05, 3.63) is 51.1 Å². The fraction of sp³-hybridized carbons (Fsp3) is 0. The number of aromatic amines is 1. The van der Waals surface area contributed by atoms with Gasteiger partial charge in [-0.2, -0.15) is 0 Å². The summed E-state index contributed by atoms with van der Waals surface area (Å²) in [7, 11) is 0. The van der Waals surface area contributed by atoms with Crippen molar-refractivity contribution in [2.75, 3.05) is 0 Å². The molecule has 0 aliphatic heterocycles. The number of hydrogen-bond acceptors (Lipinski definition) is 1. The summed E-state index contributed by atoms with van der Waals surface area (Å²) in [6.07, 6.45) is 2.74. The van der Waals surface area contributed by atoms with Crippen LogP contribution in [0.3, 0.4) is 0 Å². The molecule has 78 valence electrons. The third-order valence-corrected chi connectivity index (χ3v) is 2.48. The molecule has 0 spiro atoms. The first-order valence-corrected chi connectivity index (χ1v) is 4.80. The van der Waals surface area contributed by atoms with E-state index in [-0.39, 0.29) is 10.2 Å². The Balaban J connectivity index is 2.74. The van der Waals surface area contributed by atoms with E-state index in [1.165, 1.54) is 12.4 Å². The van der Waals surface area contributed by atoms with Crippen molar-refractivity contribution in [1.29, 1.82) is 0 Å². The molecular weight excluding hydrogens is 270 g/mol. The Kier molecular flexibility index (Phi) is 2.44. The highest BCUT2D eigenvalue weighted by atomic mass is 79.9. The van der Waals surface area contributed by atoms with E-state index in [9.17, 15) is 13.6 Å². The molecule has 2 aromatic rings. The van der Waals surface area contributed by atoms with E-state index >= 15 is 0 Å². The standard InChI is InChI=1S/C9H5BrF2N2O/c10-6-3-5(11)4-7(12)8(6)14-2-1-13-9(14)15/h1-4H,(H,13,15). The molecule has 0 fully saturated rings. The summed E-state index contributed by atoms with van der Waals surface area (Å²) >= 11 is 3.00. The predicted molar refractivity (Wildman–Crippen MR) is 54.0 cm³/mol. The SMILES string of the molecule is O=c1[nH]ccn1-c1c(F)cc(F)cc1Br. The molecule has 6 heteroatoms. The Labute approximate surface area is 91.5 Å². The van der Waals surface area contributed by atoms with Gasteiger partial charge in [-0.1, -0.05) is 0 Å². The smallest absolute Gasteiger partial charge is 0.312 e. The molecular formula is C9H5BrF2N2O. The van der Waals surface area contributed by atoms with Gasteiger partial charge >= 0.3 is 5.69 Å². The molecule has 0 bridgehead atoms. The maximum atomic E-state index is 13.4. The number of benzene rings is 1. The summed E-state index contributed by atoms with van der Waals surface area (Å²) in [5.41, 5.74) is -0.496. The minimum absolute atomic E-state index is 0.0114. The van der Waals surface area contributed by atoms with Gasteiger partial charge in [0.05, 0.1) is 0 Å². The fourth-order valence-corrected chi connectivity index (χ4v) is 1.86. The summed E-state index contributed by atoms with van der Waals surface area (Å²) in [5.74, 6) is -1.50. The van der Waals surface area contributed by atoms with Crippen molar-refractivity contribution in [2.45, 2.75) is 0 Å². The van der Waals surface area contributed by atoms with Gasteiger partial charge in [-0.3, -0.25) is 4.57 Å². The van der Waals surface area contributed by atoms with Crippen molar-refractivity contribution in [2.24, 2.45) is 0 Å². The minimum Gasteiger partial charge on any atom is -0.312 e. The molecule has 15 heavy (non-hydrogen) atoms. The molecule has 1 aromatic heterocycles. The summed E-state index contributed by atoms with van der Waals surface area (Å²) in [4.78, 5) is 13.6. The molecule has 0 atom stereocenters. The van der Waals surface area contributed by atoms with Crippen LogP contribution in [0.15, 0.2) is 33.8 Å². The van der Waals surface area contributed by atoms with Gasteiger partial charge in [0.15, 0.2) is 5.82 Å². The van der Waals surface area contributed by atoms with Gasteiger partial charge in [0.25, 0.3) is 0 Å². The molecule has 0 aliphatic carbocycles. The van der Waals surface area contributed by atoms with Gasteiger partial charge in [-0.05, 0) is 22.0 Å². The third-order valence-electron chi connectivity index (χ3n) is 1.87. The molecule has 0 unspecified atom stereocenters. The van der Waals surface area contributed by atoms with E-state index in [0.717, 1.165) is 16.7 Å². The first kappa shape index (κ1) is 10.1. The zero-order valence-corrected chi connectivity index (χ0v) is 8.88. The summed E-state index contributed by atoms with van der Waals surface area (Å²) in [5, 5.41) is 0. The maximum Gasteiger partial charge on any atom is 0.330 e. The van der Waals surface area contributed by atoms with E-state index in [0.29, 0.717) is 0 Å². The Morgan fingerprint density at radius 1 is 1.33 bits per heavy atom. The van der Waals surface area contributed by atoms with Crippen molar-refractivity contribution in [3.8, 4) is 5.69 Å². The normalized spacial score (nSPS) is 10.6. The van der Waals surface area contributed by atoms with E-state index in [1.807, 2.05) is 0 Å². The van der Waals surface area contributed by atoms with Crippen LogP contribution < -0.4 is 5.69 Å². The van der Waals surface area contributed by atoms with Gasteiger partial charge in [-0.25, -0.2) is 13.6 Å². The van der Waals surface area contributed by atoms with Crippen LogP contribution in [0.5, 0.6) is 0 Å². The van der Waals surface area contributed by atoms with Crippen molar-refractivity contribution in [1.82, 2.24) is 9.55 Å². The number of H-pyrrole nitrogens is 1. The van der Waals surface area contributed by atoms with Crippen molar-refractivity contribution < 1.29 is 8.78 Å². The largest absolute Gasteiger partial charge is 0.330 e. The number of hydrogen-bond donors (Lipinski definition) is 1. The van der Waals surface area contributed by atoms with Crippen LogP contribution in [-0.4, -0.2) is 9.55 Å². The summed E-state index contributed by atoms with van der Waals surface area (Å²) in [6.45, 7) is 0. The molecule has 2 rings (SSSR count). The van der Waals surface area contributed by atoms with E-state index in [1.54, 1.807) is 0 Å². The summed E-state index contributed by atoms with van der Waals surface area (Å²) in [6, 6.07) is 1.82. The predicted octanol–water partition coefficient (Wildman–Crippen LogP) is 2.21. The van der Waals surface area contributed by atoms with E-state index in [4.69, 9.17) is 0 Å². The average Bonchev–Trinajstić information content (AvgIpc) is 2.50. The van der Waals surface area contributed by atoms with Crippen LogP contribution >= 0.6 is 15.9 Å². The highest BCUT2D eigenvalue weighted by Gasteiger charge is 2.12. The lowest BCUT2D eigenvalue weighted by atomic mass is 10.3. The summed E-state index contributed by atoms with van der Waals surface area (Å²) < 4.78 is 27.4. The number of rotatable bonds is 1. The molecule has 1 aromatic carbocycles. The first-order valence-electron chi connectivity index (χ1n) is 4.00. The van der Waals surface area contributed by atoms with Crippen molar-refractivity contribution in [3.63, 3.8) is 0 Å². The van der Waals surface area contributed by atoms with E-state index in [2.05, 4.69) is 20.9 Å². The van der Waals surface area contributed by atoms with Crippen LogP contribution in [0, 0.1) is 11.6 Å². The quantitative estimate of drug-likeness (QED) is 0.851. The van der Waals surface area contributed by atoms with Crippen LogP contribution in [0.2, 0.25) is 0 Å². The number of nitrogens with zero attached hydrogens (tertiary/aromatic N) is 1. The van der Waals surface area contributed by atoms with Crippen molar-refractivity contribution >= 4 is 15.9 Å². The number of nitrogens with one attached hydrogen (secondary N) is 1. The molecule has 0 amide bonds. The van der Waals surface area contributed by atoms with Gasteiger partial charge in [0.2, 0.25) is 0 Å². The average molecular weight is 275 g/mol. The zero-order chi connectivity index (χ0) is 11.0. The molecule has 0 saturated carbocycles. The molecule has 0 saturated heterocycles. The number of aromatic nitrogens is 2. The first-order chi connectivity index (χ1) is 7.09. The Morgan fingerprint density at radius 2 is 2.07 bits per heavy atom. The van der Waals surface area contributed by atoms with Crippen LogP contribution in [0.4, 0.5) is 8.78 Å². The highest BCUT2D eigenvalue weighted by Crippen LogP contribution is 2.24. The molecule has 1 N–H and O–H groups in total. The second-order valence-electron chi connectivity index (χ2n) is 2.85. The van der Waals surface area contributed by atoms with Crippen LogP contribution in [-0.2, 0) is 0 Å². The zero-order valence-electron chi connectivity index (χ0n) is 7.30. The second kappa shape index (κ2) is 3.62. The monoisotopic (exact) mass is 274 g/mol. The molecule has 1 heterocycles. The van der Waals surface area contributed by atoms with Crippen LogP contribution in [0.25, 0.3) is 5.69 Å². The number of halogens is 3. The van der Waals surface area contributed by atoms with E-state index < -0.39 is 17.3 Å². The lowest BCUT2D eigenvalue weighted by Gasteiger charge is -2.05. The Bertz CT molecular complexity index is 538. The lowest BCUT2D eigenvalue weighted by Crippen LogP contribution is -2.16. The van der Waals surface area contributed by atoms with Gasteiger partial charge in [0.1, 0.15) is 11.5 Å². The lowest BCUT2D eigenvalue weighted by molar-refractivity contribution is 0.575. The van der Waals surface area contributed by atoms with Gasteiger partial charge in [-0.15, -0.1) is 0 Å². The second-order valence-corrected chi connectivity index (χ2v) is 3.71. The molecule has 0 aliphatic rings.